The first kappa shape index (κ1) is 11.0. The number of carbonyl (C=O) groups is 1. The zero-order chi connectivity index (χ0) is 11.7. The van der Waals surface area contributed by atoms with Gasteiger partial charge in [-0.25, -0.2) is 0 Å². The Kier molecular flexibility index (Phi) is 2.87. The third kappa shape index (κ3) is 2.04. The summed E-state index contributed by atoms with van der Waals surface area (Å²) in [6, 6.07) is 1.64. The van der Waals surface area contributed by atoms with E-state index in [1.807, 2.05) is 6.92 Å². The summed E-state index contributed by atoms with van der Waals surface area (Å²) in [5.74, 6) is 0.0838. The maximum absolute atomic E-state index is 12.0. The number of nitrogens with two attached hydrogens (primary N) is 1. The van der Waals surface area contributed by atoms with Gasteiger partial charge in [0.15, 0.2) is 0 Å². The van der Waals surface area contributed by atoms with Gasteiger partial charge < -0.3 is 20.7 Å². The van der Waals surface area contributed by atoms with Crippen molar-refractivity contribution in [2.75, 3.05) is 18.8 Å². The number of nitrogens with zero attached hydrogens (tertiary/aromatic N) is 1. The summed E-state index contributed by atoms with van der Waals surface area (Å²) >= 11 is 0. The van der Waals surface area contributed by atoms with E-state index in [-0.39, 0.29) is 17.9 Å². The predicted octanol–water partition coefficient (Wildman–Crippen LogP) is 0.440. The monoisotopic (exact) mass is 223 g/mol. The molecule has 1 aliphatic heterocycles. The molecule has 1 saturated heterocycles. The first-order chi connectivity index (χ1) is 7.58. The predicted molar refractivity (Wildman–Crippen MR) is 60.9 cm³/mol. The smallest absolute Gasteiger partial charge is 0.270 e. The Balaban J connectivity index is 2.06. The van der Waals surface area contributed by atoms with Gasteiger partial charge in [0, 0.05) is 25.0 Å². The van der Waals surface area contributed by atoms with Crippen molar-refractivity contribution >= 4 is 11.6 Å². The molecule has 2 unspecified atom stereocenters. The summed E-state index contributed by atoms with van der Waals surface area (Å²) < 4.78 is 0. The number of hydrogen-bond donors (Lipinski definition) is 3. The van der Waals surface area contributed by atoms with Gasteiger partial charge in [-0.15, -0.1) is 0 Å². The molecule has 0 aromatic carbocycles. The molecule has 5 nitrogen and oxygen atoms in total. The molecule has 2 heterocycles. The molecule has 16 heavy (non-hydrogen) atoms. The number of aromatic amines is 1. The van der Waals surface area contributed by atoms with E-state index >= 15 is 0 Å². The van der Waals surface area contributed by atoms with Crippen LogP contribution in [0.15, 0.2) is 12.3 Å². The fourth-order valence-electron chi connectivity index (χ4n) is 2.02. The Labute approximate surface area is 94.2 Å². The van der Waals surface area contributed by atoms with Crippen LogP contribution in [0.3, 0.4) is 0 Å². The minimum Gasteiger partial charge on any atom is -0.397 e. The second-order valence-electron chi connectivity index (χ2n) is 4.43. The van der Waals surface area contributed by atoms with Gasteiger partial charge in [0.25, 0.3) is 5.91 Å². The van der Waals surface area contributed by atoms with Crippen molar-refractivity contribution in [3.8, 4) is 0 Å². The van der Waals surface area contributed by atoms with Crippen LogP contribution in [-0.2, 0) is 0 Å². The second-order valence-corrected chi connectivity index (χ2v) is 4.43. The van der Waals surface area contributed by atoms with E-state index < -0.39 is 0 Å². The lowest BCUT2D eigenvalue weighted by Crippen LogP contribution is -2.45. The van der Waals surface area contributed by atoms with Gasteiger partial charge in [-0.05, 0) is 18.4 Å². The number of nitrogens with one attached hydrogen (secondary N) is 1. The summed E-state index contributed by atoms with van der Waals surface area (Å²) in [6.07, 6.45) is 1.95. The van der Waals surface area contributed by atoms with Crippen LogP contribution in [0.25, 0.3) is 0 Å². The van der Waals surface area contributed by atoms with Crippen molar-refractivity contribution < 1.29 is 9.90 Å². The molecule has 1 amide bonds. The Morgan fingerprint density at radius 2 is 2.44 bits per heavy atom. The standard InChI is InChI=1S/C11H17N3O2/c1-7-6-14(3-2-10(7)15)11(16)9-4-8(12)5-13-9/h4-5,7,10,13,15H,2-3,6,12H2,1H3. The average Bonchev–Trinajstić information content (AvgIpc) is 2.68. The van der Waals surface area contributed by atoms with E-state index in [0.29, 0.717) is 30.9 Å². The minimum atomic E-state index is -0.294. The third-order valence-corrected chi connectivity index (χ3v) is 3.08. The maximum Gasteiger partial charge on any atom is 0.270 e. The molecule has 1 aliphatic rings. The Morgan fingerprint density at radius 1 is 1.69 bits per heavy atom. The number of piperidine rings is 1. The third-order valence-electron chi connectivity index (χ3n) is 3.08. The highest BCUT2D eigenvalue weighted by molar-refractivity contribution is 5.93. The summed E-state index contributed by atoms with van der Waals surface area (Å²) in [6.45, 7) is 3.15. The van der Waals surface area contributed by atoms with Gasteiger partial charge in [-0.1, -0.05) is 6.92 Å². The fourth-order valence-corrected chi connectivity index (χ4v) is 2.02. The quantitative estimate of drug-likeness (QED) is 0.646. The van der Waals surface area contributed by atoms with E-state index in [4.69, 9.17) is 5.73 Å². The van der Waals surface area contributed by atoms with Crippen molar-refractivity contribution in [1.82, 2.24) is 9.88 Å². The number of H-pyrrole nitrogens is 1. The van der Waals surface area contributed by atoms with E-state index in [1.165, 1.54) is 0 Å². The molecule has 5 heteroatoms. The molecule has 1 aromatic heterocycles. The number of amides is 1. The summed E-state index contributed by atoms with van der Waals surface area (Å²) in [4.78, 5) is 16.6. The molecule has 0 saturated carbocycles. The lowest BCUT2D eigenvalue weighted by Gasteiger charge is -2.34. The number of likely N-dealkylation sites (tertiary alicyclic amines) is 1. The van der Waals surface area contributed by atoms with Gasteiger partial charge >= 0.3 is 0 Å². The van der Waals surface area contributed by atoms with Crippen LogP contribution in [0.5, 0.6) is 0 Å². The average molecular weight is 223 g/mol. The zero-order valence-electron chi connectivity index (χ0n) is 9.31. The minimum absolute atomic E-state index is 0.0459. The van der Waals surface area contributed by atoms with Crippen LogP contribution >= 0.6 is 0 Å². The number of aliphatic hydroxyl groups excluding tert-OH is 1. The van der Waals surface area contributed by atoms with Gasteiger partial charge in [-0.3, -0.25) is 4.79 Å². The lowest BCUT2D eigenvalue weighted by atomic mass is 9.96. The highest BCUT2D eigenvalue weighted by atomic mass is 16.3. The van der Waals surface area contributed by atoms with E-state index in [9.17, 15) is 9.90 Å². The van der Waals surface area contributed by atoms with Gasteiger partial charge in [0.05, 0.1) is 6.10 Å². The van der Waals surface area contributed by atoms with Crippen LogP contribution in [-0.4, -0.2) is 40.1 Å². The van der Waals surface area contributed by atoms with E-state index in [1.54, 1.807) is 17.2 Å². The van der Waals surface area contributed by atoms with Crippen molar-refractivity contribution in [1.29, 1.82) is 0 Å². The maximum atomic E-state index is 12.0. The molecule has 0 bridgehead atoms. The van der Waals surface area contributed by atoms with E-state index in [0.717, 1.165) is 0 Å². The molecule has 1 fully saturated rings. The van der Waals surface area contributed by atoms with Crippen molar-refractivity contribution in [2.45, 2.75) is 19.4 Å². The molecule has 2 rings (SSSR count). The zero-order valence-corrected chi connectivity index (χ0v) is 9.31. The van der Waals surface area contributed by atoms with Gasteiger partial charge in [-0.2, -0.15) is 0 Å². The summed E-state index contributed by atoms with van der Waals surface area (Å²) in [5.41, 5.74) is 6.63. The Bertz CT molecular complexity index is 388. The Hall–Kier alpha value is -1.49. The molecule has 2 atom stereocenters. The number of nitrogen functional groups attached to an aromatic ring is 1. The SMILES string of the molecule is CC1CN(C(=O)c2cc(N)c[nH]2)CCC1O. The number of rotatable bonds is 1. The van der Waals surface area contributed by atoms with Crippen molar-refractivity contribution in [3.63, 3.8) is 0 Å². The Morgan fingerprint density at radius 3 is 3.00 bits per heavy atom. The lowest BCUT2D eigenvalue weighted by molar-refractivity contribution is 0.0294. The number of aliphatic hydroxyl groups is 1. The van der Waals surface area contributed by atoms with Crippen molar-refractivity contribution in [3.05, 3.63) is 18.0 Å². The normalized spacial score (nSPS) is 25.8. The molecule has 88 valence electrons. The van der Waals surface area contributed by atoms with Crippen LogP contribution in [0, 0.1) is 5.92 Å². The molecule has 0 spiro atoms. The number of hydrogen-bond acceptors (Lipinski definition) is 3. The first-order valence-corrected chi connectivity index (χ1v) is 5.49. The molecule has 0 radical (unpaired) electrons. The molecule has 4 N–H and O–H groups in total. The van der Waals surface area contributed by atoms with Crippen LogP contribution in [0.4, 0.5) is 5.69 Å². The van der Waals surface area contributed by atoms with Gasteiger partial charge in [0.1, 0.15) is 5.69 Å². The largest absolute Gasteiger partial charge is 0.397 e. The summed E-state index contributed by atoms with van der Waals surface area (Å²) in [7, 11) is 0. The molecule has 0 aliphatic carbocycles. The fraction of sp³-hybridized carbons (Fsp3) is 0.545. The van der Waals surface area contributed by atoms with Crippen LogP contribution < -0.4 is 5.73 Å². The number of carbonyl (C=O) groups excluding carboxylic acids is 1. The topological polar surface area (TPSA) is 82.3 Å². The highest BCUT2D eigenvalue weighted by Crippen LogP contribution is 2.18. The van der Waals surface area contributed by atoms with Crippen molar-refractivity contribution in [2.24, 2.45) is 5.92 Å². The number of anilines is 1. The number of aromatic nitrogens is 1. The molecular weight excluding hydrogens is 206 g/mol. The van der Waals surface area contributed by atoms with Gasteiger partial charge in [0.2, 0.25) is 0 Å². The van der Waals surface area contributed by atoms with Crippen LogP contribution in [0.2, 0.25) is 0 Å². The highest BCUT2D eigenvalue weighted by Gasteiger charge is 2.28. The molecule has 1 aromatic rings. The second kappa shape index (κ2) is 4.17. The van der Waals surface area contributed by atoms with Crippen LogP contribution in [0.1, 0.15) is 23.8 Å². The first-order valence-electron chi connectivity index (χ1n) is 5.49. The molecular formula is C11H17N3O2. The summed E-state index contributed by atoms with van der Waals surface area (Å²) in [5, 5.41) is 9.59. The van der Waals surface area contributed by atoms with E-state index in [2.05, 4.69) is 4.98 Å².